The third kappa shape index (κ3) is 7.65. The van der Waals surface area contributed by atoms with Crippen LogP contribution in [0.1, 0.15) is 38.6 Å². The number of nitrogen functional groups attached to an aromatic ring is 1. The molecule has 2 heterocycles. The molecule has 0 aliphatic rings. The number of aryl methyl sites for hydroxylation is 1. The fraction of sp³-hybridized carbons (Fsp3) is 0.400. The summed E-state index contributed by atoms with van der Waals surface area (Å²) in [5, 5.41) is 0.953. The number of benzene rings is 2. The van der Waals surface area contributed by atoms with Crippen LogP contribution < -0.4 is 10.5 Å². The van der Waals surface area contributed by atoms with E-state index in [1.165, 1.54) is 0 Å². The number of ether oxygens (including phenoxy) is 3. The second-order valence-electron chi connectivity index (χ2n) is 9.81. The van der Waals surface area contributed by atoms with Crippen LogP contribution in [0.15, 0.2) is 48.5 Å². The van der Waals surface area contributed by atoms with E-state index in [4.69, 9.17) is 36.5 Å². The first-order valence-electron chi connectivity index (χ1n) is 13.7. The predicted octanol–water partition coefficient (Wildman–Crippen LogP) is 4.69. The molecule has 1 amide bonds. The molecule has 0 unspecified atom stereocenters. The van der Waals surface area contributed by atoms with Gasteiger partial charge in [-0.3, -0.25) is 4.79 Å². The van der Waals surface area contributed by atoms with Crippen LogP contribution in [0, 0.1) is 0 Å². The summed E-state index contributed by atoms with van der Waals surface area (Å²) in [6.45, 7) is 7.58. The van der Waals surface area contributed by atoms with E-state index in [0.717, 1.165) is 27.8 Å². The summed E-state index contributed by atoms with van der Waals surface area (Å²) in [7, 11) is 0. The van der Waals surface area contributed by atoms with Crippen LogP contribution in [0.4, 0.5) is 5.82 Å². The van der Waals surface area contributed by atoms with Gasteiger partial charge in [0.05, 0.1) is 17.1 Å². The molecule has 41 heavy (non-hydrogen) atoms. The number of hydrogen-bond donors (Lipinski definition) is 1. The molecule has 0 atom stereocenters. The van der Waals surface area contributed by atoms with Gasteiger partial charge in [-0.2, -0.15) is 0 Å². The molecule has 2 N–H and O–H groups in total. The highest BCUT2D eigenvalue weighted by Gasteiger charge is 2.19. The van der Waals surface area contributed by atoms with Gasteiger partial charge in [0.25, 0.3) is 0 Å². The van der Waals surface area contributed by atoms with Gasteiger partial charge in [0, 0.05) is 31.6 Å². The van der Waals surface area contributed by atoms with Crippen LogP contribution in [-0.2, 0) is 38.8 Å². The van der Waals surface area contributed by atoms with Gasteiger partial charge in [0.2, 0.25) is 5.91 Å². The van der Waals surface area contributed by atoms with Gasteiger partial charge >= 0.3 is 5.97 Å². The van der Waals surface area contributed by atoms with Gasteiger partial charge in [0.1, 0.15) is 29.6 Å². The van der Waals surface area contributed by atoms with E-state index in [-0.39, 0.29) is 24.5 Å². The molecule has 0 aliphatic carbocycles. The van der Waals surface area contributed by atoms with Gasteiger partial charge in [-0.15, -0.1) is 11.6 Å². The number of carbonyl (C=O) groups excluding carboxylic acids is 2. The summed E-state index contributed by atoms with van der Waals surface area (Å²) in [6, 6.07) is 15.1. The summed E-state index contributed by atoms with van der Waals surface area (Å²) in [4.78, 5) is 35.7. The van der Waals surface area contributed by atoms with E-state index in [2.05, 4.69) is 9.55 Å². The van der Waals surface area contributed by atoms with E-state index >= 15 is 0 Å². The minimum absolute atomic E-state index is 0.131. The topological polar surface area (TPSA) is 122 Å². The van der Waals surface area contributed by atoms with Crippen molar-refractivity contribution < 1.29 is 23.8 Å². The molecule has 0 saturated carbocycles. The Morgan fingerprint density at radius 3 is 2.68 bits per heavy atom. The van der Waals surface area contributed by atoms with Crippen LogP contribution in [0.3, 0.4) is 0 Å². The zero-order chi connectivity index (χ0) is 29.4. The number of fused-ring (bicyclic) bond motifs is 3. The Bertz CT molecular complexity index is 1510. The van der Waals surface area contributed by atoms with Crippen LogP contribution in [0.25, 0.3) is 21.9 Å². The molecule has 218 valence electrons. The number of aromatic nitrogens is 3. The van der Waals surface area contributed by atoms with Crippen molar-refractivity contribution in [2.75, 3.05) is 31.4 Å². The van der Waals surface area contributed by atoms with Crippen LogP contribution in [0.2, 0.25) is 0 Å². The lowest BCUT2D eigenvalue weighted by Gasteiger charge is -2.23. The molecular formula is C30H36ClN5O5. The molecule has 0 fully saturated rings. The summed E-state index contributed by atoms with van der Waals surface area (Å²) in [5.74, 6) is 0.891. The van der Waals surface area contributed by atoms with Crippen molar-refractivity contribution in [2.45, 2.75) is 53.0 Å². The summed E-state index contributed by atoms with van der Waals surface area (Å²) >= 11 is 5.97. The highest BCUT2D eigenvalue weighted by molar-refractivity contribution is 6.27. The summed E-state index contributed by atoms with van der Waals surface area (Å²) in [6.07, 6.45) is 0.428. The molecule has 4 aromatic rings. The van der Waals surface area contributed by atoms with Crippen LogP contribution in [-0.4, -0.2) is 63.1 Å². The SMILES string of the molecule is CCOCc1nc2c(N)nc3ccccc3c2n1CCCN(Cc1cccc(OCC(=O)OC(C)C)c1)C(=O)CCl. The first-order valence-corrected chi connectivity index (χ1v) is 14.2. The number of anilines is 1. The van der Waals surface area contributed by atoms with E-state index in [0.29, 0.717) is 56.4 Å². The van der Waals surface area contributed by atoms with E-state index in [1.54, 1.807) is 24.8 Å². The fourth-order valence-electron chi connectivity index (χ4n) is 4.64. The maximum atomic E-state index is 12.8. The van der Waals surface area contributed by atoms with Crippen molar-refractivity contribution in [1.29, 1.82) is 0 Å². The van der Waals surface area contributed by atoms with Crippen molar-refractivity contribution in [2.24, 2.45) is 0 Å². The molecule has 0 bridgehead atoms. The Balaban J connectivity index is 1.51. The zero-order valence-electron chi connectivity index (χ0n) is 23.6. The molecule has 2 aromatic heterocycles. The first-order chi connectivity index (χ1) is 19.8. The minimum Gasteiger partial charge on any atom is -0.482 e. The number of para-hydroxylation sites is 1. The number of pyridine rings is 1. The number of nitrogens with zero attached hydrogens (tertiary/aromatic N) is 4. The molecule has 0 spiro atoms. The van der Waals surface area contributed by atoms with E-state index in [9.17, 15) is 9.59 Å². The number of imidazole rings is 1. The summed E-state index contributed by atoms with van der Waals surface area (Å²) in [5.41, 5.74) is 9.48. The van der Waals surface area contributed by atoms with Crippen LogP contribution >= 0.6 is 11.6 Å². The predicted molar refractivity (Wildman–Crippen MR) is 159 cm³/mol. The quantitative estimate of drug-likeness (QED) is 0.168. The Hall–Kier alpha value is -3.89. The van der Waals surface area contributed by atoms with Crippen molar-refractivity contribution in [1.82, 2.24) is 19.4 Å². The highest BCUT2D eigenvalue weighted by atomic mass is 35.5. The zero-order valence-corrected chi connectivity index (χ0v) is 24.4. The highest BCUT2D eigenvalue weighted by Crippen LogP contribution is 2.29. The number of rotatable bonds is 14. The Morgan fingerprint density at radius 2 is 1.93 bits per heavy atom. The first kappa shape index (κ1) is 30.1. The average Bonchev–Trinajstić information content (AvgIpc) is 3.33. The van der Waals surface area contributed by atoms with E-state index in [1.807, 2.05) is 49.4 Å². The minimum atomic E-state index is -0.439. The number of alkyl halides is 1. The molecule has 10 nitrogen and oxygen atoms in total. The van der Waals surface area contributed by atoms with Gasteiger partial charge in [0.15, 0.2) is 12.4 Å². The second kappa shape index (κ2) is 14.1. The van der Waals surface area contributed by atoms with Gasteiger partial charge in [-0.05, 0) is 51.0 Å². The van der Waals surface area contributed by atoms with E-state index < -0.39 is 5.97 Å². The normalized spacial score (nSPS) is 11.3. The third-order valence-corrected chi connectivity index (χ3v) is 6.63. The number of amides is 1. The molecule has 11 heteroatoms. The average molecular weight is 582 g/mol. The molecule has 0 saturated heterocycles. The lowest BCUT2D eigenvalue weighted by atomic mass is 10.2. The molecular weight excluding hydrogens is 546 g/mol. The molecule has 2 aromatic carbocycles. The molecule has 0 aliphatic heterocycles. The van der Waals surface area contributed by atoms with Crippen LogP contribution in [0.5, 0.6) is 5.75 Å². The van der Waals surface area contributed by atoms with Gasteiger partial charge in [-0.1, -0.05) is 30.3 Å². The Labute approximate surface area is 244 Å². The number of carbonyl (C=O) groups is 2. The van der Waals surface area contributed by atoms with Crippen molar-refractivity contribution in [3.8, 4) is 5.75 Å². The Morgan fingerprint density at radius 1 is 1.12 bits per heavy atom. The third-order valence-electron chi connectivity index (χ3n) is 6.40. The number of esters is 1. The Kier molecular flexibility index (Phi) is 10.4. The number of hydrogen-bond acceptors (Lipinski definition) is 8. The largest absolute Gasteiger partial charge is 0.482 e. The lowest BCUT2D eigenvalue weighted by molar-refractivity contribution is -0.149. The van der Waals surface area contributed by atoms with Gasteiger partial charge < -0.3 is 29.4 Å². The number of halogens is 1. The molecule has 4 rings (SSSR count). The number of nitrogens with two attached hydrogens (primary N) is 1. The second-order valence-corrected chi connectivity index (χ2v) is 10.1. The lowest BCUT2D eigenvalue weighted by Crippen LogP contribution is -2.33. The summed E-state index contributed by atoms with van der Waals surface area (Å²) < 4.78 is 18.5. The van der Waals surface area contributed by atoms with Crippen molar-refractivity contribution in [3.63, 3.8) is 0 Å². The fourth-order valence-corrected chi connectivity index (χ4v) is 4.81. The molecule has 0 radical (unpaired) electrons. The maximum Gasteiger partial charge on any atom is 0.344 e. The monoisotopic (exact) mass is 581 g/mol. The van der Waals surface area contributed by atoms with Crippen molar-refractivity contribution >= 4 is 51.2 Å². The maximum absolute atomic E-state index is 12.8. The standard InChI is InChI=1S/C30H36ClN5O5/c1-4-39-18-25-34-28-29(23-11-5-6-12-24(23)33-30(28)32)36(25)14-8-13-35(26(37)16-31)17-21-9-7-10-22(15-21)40-19-27(38)41-20(2)3/h5-7,9-12,15,20H,4,8,13-14,16-19H2,1-3H3,(H2,32,33). The van der Waals surface area contributed by atoms with Gasteiger partial charge in [-0.25, -0.2) is 14.8 Å². The van der Waals surface area contributed by atoms with Crippen molar-refractivity contribution in [3.05, 3.63) is 59.9 Å². The smallest absolute Gasteiger partial charge is 0.344 e.